The van der Waals surface area contributed by atoms with Crippen LogP contribution in [0.2, 0.25) is 0 Å². The van der Waals surface area contributed by atoms with Crippen LogP contribution in [0, 0.1) is 5.41 Å². The van der Waals surface area contributed by atoms with E-state index >= 15 is 0 Å². The molecule has 1 aromatic carbocycles. The van der Waals surface area contributed by atoms with E-state index in [1.165, 1.54) is 0 Å². The normalized spacial score (nSPS) is 11.7. The van der Waals surface area contributed by atoms with Gasteiger partial charge in [-0.15, -0.1) is 22.9 Å². The largest absolute Gasteiger partial charge is 0.326 e. The van der Waals surface area contributed by atoms with Crippen LogP contribution in [0.1, 0.15) is 13.8 Å². The maximum absolute atomic E-state index is 11.9. The molecule has 0 saturated carbocycles. The molecule has 2 rings (SSSR count). The van der Waals surface area contributed by atoms with E-state index in [1.54, 1.807) is 16.8 Å². The molecule has 0 spiro atoms. The lowest BCUT2D eigenvalue weighted by atomic mass is 9.95. The highest BCUT2D eigenvalue weighted by molar-refractivity contribution is 7.16. The summed E-state index contributed by atoms with van der Waals surface area (Å²) in [5.74, 6) is 0.220. The summed E-state index contributed by atoms with van der Waals surface area (Å²) in [6, 6.07) is 5.68. The number of thiazole rings is 1. The van der Waals surface area contributed by atoms with Gasteiger partial charge in [0.1, 0.15) is 0 Å². The Bertz CT molecular complexity index is 550. The fourth-order valence-corrected chi connectivity index (χ4v) is 2.13. The van der Waals surface area contributed by atoms with Crippen LogP contribution in [0.5, 0.6) is 0 Å². The van der Waals surface area contributed by atoms with Gasteiger partial charge in [0.05, 0.1) is 21.1 Å². The highest BCUT2D eigenvalue weighted by atomic mass is 35.5. The number of nitrogens with one attached hydrogen (secondary N) is 1. The van der Waals surface area contributed by atoms with Crippen molar-refractivity contribution in [2.24, 2.45) is 5.41 Å². The molecule has 1 N–H and O–H groups in total. The number of nitrogens with zero attached hydrogens (tertiary/aromatic N) is 1. The third-order valence-electron chi connectivity index (χ3n) is 2.54. The summed E-state index contributed by atoms with van der Waals surface area (Å²) in [7, 11) is 0. The first-order valence-corrected chi connectivity index (χ1v) is 6.65. The number of carbonyl (C=O) groups excluding carboxylic acids is 1. The van der Waals surface area contributed by atoms with E-state index in [2.05, 4.69) is 10.3 Å². The lowest BCUT2D eigenvalue weighted by Gasteiger charge is -2.20. The maximum Gasteiger partial charge on any atom is 0.231 e. The van der Waals surface area contributed by atoms with Crippen LogP contribution >= 0.6 is 22.9 Å². The molecule has 0 radical (unpaired) electrons. The van der Waals surface area contributed by atoms with E-state index in [0.717, 1.165) is 15.9 Å². The van der Waals surface area contributed by atoms with Gasteiger partial charge in [0.15, 0.2) is 0 Å². The molecule has 1 aromatic heterocycles. The molecule has 5 heteroatoms. The smallest absolute Gasteiger partial charge is 0.231 e. The minimum Gasteiger partial charge on any atom is -0.326 e. The number of anilines is 1. The zero-order valence-corrected chi connectivity index (χ0v) is 11.2. The molecule has 0 aliphatic heterocycles. The minimum absolute atomic E-state index is 0.0728. The first-order valence-electron chi connectivity index (χ1n) is 5.23. The summed E-state index contributed by atoms with van der Waals surface area (Å²) >= 11 is 7.32. The average Bonchev–Trinajstić information content (AvgIpc) is 2.76. The van der Waals surface area contributed by atoms with Crippen LogP contribution in [0.25, 0.3) is 10.2 Å². The third-order valence-corrected chi connectivity index (χ3v) is 4.00. The van der Waals surface area contributed by atoms with E-state index in [0.29, 0.717) is 5.88 Å². The van der Waals surface area contributed by atoms with Crippen molar-refractivity contribution in [2.45, 2.75) is 13.8 Å². The van der Waals surface area contributed by atoms with E-state index in [-0.39, 0.29) is 5.91 Å². The van der Waals surface area contributed by atoms with E-state index in [4.69, 9.17) is 11.6 Å². The van der Waals surface area contributed by atoms with E-state index < -0.39 is 5.41 Å². The fourth-order valence-electron chi connectivity index (χ4n) is 1.29. The van der Waals surface area contributed by atoms with Crippen LogP contribution in [-0.2, 0) is 4.79 Å². The molecule has 0 aliphatic rings. The van der Waals surface area contributed by atoms with Gasteiger partial charge >= 0.3 is 0 Å². The van der Waals surface area contributed by atoms with Crippen molar-refractivity contribution in [1.82, 2.24) is 4.98 Å². The third kappa shape index (κ3) is 2.58. The molecule has 0 aliphatic carbocycles. The van der Waals surface area contributed by atoms with E-state index in [1.807, 2.05) is 32.0 Å². The summed E-state index contributed by atoms with van der Waals surface area (Å²) in [6.45, 7) is 3.64. The zero-order valence-electron chi connectivity index (χ0n) is 9.66. The molecule has 90 valence electrons. The molecule has 3 nitrogen and oxygen atoms in total. The predicted octanol–water partition coefficient (Wildman–Crippen LogP) is 3.50. The van der Waals surface area contributed by atoms with Crippen LogP contribution in [0.4, 0.5) is 5.69 Å². The number of halogens is 1. The first kappa shape index (κ1) is 12.3. The van der Waals surface area contributed by atoms with Gasteiger partial charge in [-0.3, -0.25) is 4.79 Å². The molecule has 1 heterocycles. The predicted molar refractivity (Wildman–Crippen MR) is 72.8 cm³/mol. The Morgan fingerprint density at radius 1 is 1.53 bits per heavy atom. The van der Waals surface area contributed by atoms with Gasteiger partial charge in [-0.2, -0.15) is 0 Å². The summed E-state index contributed by atoms with van der Waals surface area (Å²) in [4.78, 5) is 16.1. The molecule has 17 heavy (non-hydrogen) atoms. The summed E-state index contributed by atoms with van der Waals surface area (Å²) in [6.07, 6.45) is 0. The molecule has 1 amide bonds. The Labute approximate surface area is 109 Å². The van der Waals surface area contributed by atoms with Gasteiger partial charge in [0.25, 0.3) is 0 Å². The molecule has 0 atom stereocenters. The number of alkyl halides is 1. The number of rotatable bonds is 3. The van der Waals surface area contributed by atoms with Crippen molar-refractivity contribution in [1.29, 1.82) is 0 Å². The topological polar surface area (TPSA) is 42.0 Å². The molecule has 2 aromatic rings. The summed E-state index contributed by atoms with van der Waals surface area (Å²) in [5, 5.41) is 2.87. The first-order chi connectivity index (χ1) is 8.03. The number of hydrogen-bond acceptors (Lipinski definition) is 3. The number of hydrogen-bond donors (Lipinski definition) is 1. The zero-order chi connectivity index (χ0) is 12.5. The van der Waals surface area contributed by atoms with Crippen molar-refractivity contribution in [3.05, 3.63) is 23.7 Å². The van der Waals surface area contributed by atoms with Crippen molar-refractivity contribution in [2.75, 3.05) is 11.2 Å². The lowest BCUT2D eigenvalue weighted by molar-refractivity contribution is -0.122. The number of fused-ring (bicyclic) bond motifs is 1. The van der Waals surface area contributed by atoms with Gasteiger partial charge in [-0.1, -0.05) is 0 Å². The number of carbonyl (C=O) groups is 1. The molecular weight excluding hydrogens is 256 g/mol. The van der Waals surface area contributed by atoms with Crippen molar-refractivity contribution < 1.29 is 4.79 Å². The van der Waals surface area contributed by atoms with Crippen LogP contribution in [-0.4, -0.2) is 16.8 Å². The second-order valence-corrected chi connectivity index (χ2v) is 5.66. The quantitative estimate of drug-likeness (QED) is 0.866. The van der Waals surface area contributed by atoms with Gasteiger partial charge < -0.3 is 5.32 Å². The second kappa shape index (κ2) is 4.63. The molecule has 0 fully saturated rings. The average molecular weight is 269 g/mol. The SMILES string of the molecule is CC(C)(CCl)C(=O)Nc1ccc2ncsc2c1. The van der Waals surface area contributed by atoms with Gasteiger partial charge in [0.2, 0.25) is 5.91 Å². The Morgan fingerprint density at radius 2 is 2.29 bits per heavy atom. The Hall–Kier alpha value is -1.13. The highest BCUT2D eigenvalue weighted by Crippen LogP contribution is 2.24. The second-order valence-electron chi connectivity index (χ2n) is 4.51. The number of amides is 1. The van der Waals surface area contributed by atoms with E-state index in [9.17, 15) is 4.79 Å². The lowest BCUT2D eigenvalue weighted by Crippen LogP contribution is -2.32. The highest BCUT2D eigenvalue weighted by Gasteiger charge is 2.26. The Morgan fingerprint density at radius 3 is 3.00 bits per heavy atom. The van der Waals surface area contributed by atoms with Gasteiger partial charge in [-0.05, 0) is 32.0 Å². The molecule has 0 bridgehead atoms. The molecule has 0 unspecified atom stereocenters. The maximum atomic E-state index is 11.9. The number of aromatic nitrogens is 1. The monoisotopic (exact) mass is 268 g/mol. The van der Waals surface area contributed by atoms with Crippen LogP contribution in [0.15, 0.2) is 23.7 Å². The summed E-state index contributed by atoms with van der Waals surface area (Å²) < 4.78 is 1.06. The Kier molecular flexibility index (Phi) is 3.35. The summed E-state index contributed by atoms with van der Waals surface area (Å²) in [5.41, 5.74) is 2.96. The van der Waals surface area contributed by atoms with Crippen molar-refractivity contribution in [3.63, 3.8) is 0 Å². The fraction of sp³-hybridized carbons (Fsp3) is 0.333. The molecular formula is C12H13ClN2OS. The van der Waals surface area contributed by atoms with Crippen molar-refractivity contribution >= 4 is 44.7 Å². The standard InChI is InChI=1S/C12H13ClN2OS/c1-12(2,6-13)11(16)15-8-3-4-9-10(5-8)17-7-14-9/h3-5,7H,6H2,1-2H3,(H,15,16). The van der Waals surface area contributed by atoms with Gasteiger partial charge in [-0.25, -0.2) is 4.98 Å². The Balaban J connectivity index is 2.21. The molecule has 0 saturated heterocycles. The van der Waals surface area contributed by atoms with Gasteiger partial charge in [0, 0.05) is 11.6 Å². The minimum atomic E-state index is -0.565. The van der Waals surface area contributed by atoms with Crippen LogP contribution < -0.4 is 5.32 Å². The van der Waals surface area contributed by atoms with Crippen LogP contribution in [0.3, 0.4) is 0 Å². The van der Waals surface area contributed by atoms with Crippen molar-refractivity contribution in [3.8, 4) is 0 Å². The number of benzene rings is 1.